The van der Waals surface area contributed by atoms with E-state index in [0.29, 0.717) is 19.8 Å². The minimum Gasteiger partial charge on any atom is -0.373 e. The summed E-state index contributed by atoms with van der Waals surface area (Å²) in [6, 6.07) is 0. The van der Waals surface area contributed by atoms with E-state index in [0.717, 1.165) is 6.42 Å². The normalized spacial score (nSPS) is 14.2. The van der Waals surface area contributed by atoms with Gasteiger partial charge in [0.15, 0.2) is 0 Å². The van der Waals surface area contributed by atoms with Gasteiger partial charge in [-0.1, -0.05) is 6.92 Å². The molecule has 0 saturated carbocycles. The molecule has 0 aromatic carbocycles. The summed E-state index contributed by atoms with van der Waals surface area (Å²) in [5.41, 5.74) is 2.69. The van der Waals surface area contributed by atoms with Crippen LogP contribution in [0.15, 0.2) is 0 Å². The fourth-order valence-corrected chi connectivity index (χ4v) is 4.27. The minimum atomic E-state index is -2.66. The van der Waals surface area contributed by atoms with Gasteiger partial charge in [-0.25, -0.2) is 0 Å². The maximum absolute atomic E-state index is 5.71. The third kappa shape index (κ3) is 4.18. The highest BCUT2D eigenvalue weighted by atomic mass is 28.4. The smallest absolute Gasteiger partial charge is 0.373 e. The van der Waals surface area contributed by atoms with Crippen molar-refractivity contribution in [2.45, 2.75) is 39.8 Å². The first-order valence-electron chi connectivity index (χ1n) is 5.58. The summed E-state index contributed by atoms with van der Waals surface area (Å²) in [5, 5.41) is 0. The Balaban J connectivity index is 4.71. The molecule has 0 aliphatic rings. The first kappa shape index (κ1) is 15.0. The maximum atomic E-state index is 5.71. The molecule has 0 heterocycles. The van der Waals surface area contributed by atoms with Crippen LogP contribution in [0.3, 0.4) is 0 Å². The predicted octanol–water partition coefficient (Wildman–Crippen LogP) is 0.816. The Morgan fingerprint density at radius 1 is 1.00 bits per heavy atom. The Bertz CT molecular complexity index is 139. The second-order valence-corrected chi connectivity index (χ2v) is 5.80. The zero-order valence-corrected chi connectivity index (χ0v) is 11.2. The van der Waals surface area contributed by atoms with Gasteiger partial charge in [-0.15, -0.1) is 0 Å². The summed E-state index contributed by atoms with van der Waals surface area (Å²) in [5.74, 6) is 5.50. The van der Waals surface area contributed by atoms with Gasteiger partial charge in [-0.3, -0.25) is 11.3 Å². The molecule has 1 atom stereocenters. The van der Waals surface area contributed by atoms with E-state index in [-0.39, 0.29) is 5.67 Å². The molecule has 0 aliphatic heterocycles. The van der Waals surface area contributed by atoms with Crippen LogP contribution in [0, 0.1) is 0 Å². The zero-order valence-electron chi connectivity index (χ0n) is 10.2. The molecule has 0 saturated heterocycles. The molecule has 0 bridgehead atoms. The van der Waals surface area contributed by atoms with Crippen LogP contribution < -0.4 is 11.3 Å². The average Bonchev–Trinajstić information content (AvgIpc) is 2.20. The second kappa shape index (κ2) is 8.20. The molecule has 15 heavy (non-hydrogen) atoms. The maximum Gasteiger partial charge on any atom is 0.520 e. The van der Waals surface area contributed by atoms with Crippen molar-refractivity contribution < 1.29 is 13.3 Å². The van der Waals surface area contributed by atoms with E-state index in [1.54, 1.807) is 0 Å². The zero-order chi connectivity index (χ0) is 11.7. The minimum absolute atomic E-state index is 0.0441. The summed E-state index contributed by atoms with van der Waals surface area (Å²) >= 11 is 0. The van der Waals surface area contributed by atoms with Crippen molar-refractivity contribution in [3.8, 4) is 0 Å². The van der Waals surface area contributed by atoms with E-state index in [2.05, 4.69) is 5.43 Å². The molecule has 0 spiro atoms. The first-order valence-corrected chi connectivity index (χ1v) is 7.38. The molecule has 0 rings (SSSR count). The average molecular weight is 236 g/mol. The summed E-state index contributed by atoms with van der Waals surface area (Å²) in [6.45, 7) is 9.55. The van der Waals surface area contributed by atoms with E-state index in [1.807, 2.05) is 27.7 Å². The first-order chi connectivity index (χ1) is 7.20. The number of hydrazine groups is 1. The molecule has 5 nitrogen and oxygen atoms in total. The number of nitrogens with two attached hydrogens (primary N) is 1. The molecule has 0 aromatic rings. The molecule has 1 unspecified atom stereocenters. The lowest BCUT2D eigenvalue weighted by Gasteiger charge is -2.34. The van der Waals surface area contributed by atoms with Crippen LogP contribution in [-0.4, -0.2) is 34.3 Å². The van der Waals surface area contributed by atoms with E-state index >= 15 is 0 Å². The van der Waals surface area contributed by atoms with Crippen molar-refractivity contribution in [2.24, 2.45) is 5.84 Å². The number of hydrogen-bond acceptors (Lipinski definition) is 5. The Hall–Kier alpha value is 0.0169. The lowest BCUT2D eigenvalue weighted by molar-refractivity contribution is 0.0574. The lowest BCUT2D eigenvalue weighted by atomic mass is 10.5. The van der Waals surface area contributed by atoms with Gasteiger partial charge in [0.2, 0.25) is 0 Å². The van der Waals surface area contributed by atoms with Gasteiger partial charge in [0.1, 0.15) is 0 Å². The van der Waals surface area contributed by atoms with Crippen molar-refractivity contribution in [3.63, 3.8) is 0 Å². The van der Waals surface area contributed by atoms with E-state index in [4.69, 9.17) is 19.1 Å². The SMILES string of the molecule is CCO[Si](OCC)(OCC)C(CC)NN. The molecule has 3 N–H and O–H groups in total. The van der Waals surface area contributed by atoms with Crippen molar-refractivity contribution in [2.75, 3.05) is 19.8 Å². The Morgan fingerprint density at radius 2 is 1.40 bits per heavy atom. The van der Waals surface area contributed by atoms with Crippen LogP contribution in [0.1, 0.15) is 34.1 Å². The van der Waals surface area contributed by atoms with Gasteiger partial charge in [-0.2, -0.15) is 0 Å². The van der Waals surface area contributed by atoms with Crippen molar-refractivity contribution in [1.82, 2.24) is 5.43 Å². The van der Waals surface area contributed by atoms with Crippen LogP contribution in [0.2, 0.25) is 0 Å². The third-order valence-electron chi connectivity index (χ3n) is 2.07. The van der Waals surface area contributed by atoms with Gasteiger partial charge in [0.25, 0.3) is 0 Å². The van der Waals surface area contributed by atoms with Crippen LogP contribution in [-0.2, 0) is 13.3 Å². The molecule has 0 aromatic heterocycles. The highest BCUT2D eigenvalue weighted by molar-refractivity contribution is 6.62. The molecule has 0 aliphatic carbocycles. The summed E-state index contributed by atoms with van der Waals surface area (Å²) in [6.07, 6.45) is 0.822. The Labute approximate surface area is 93.6 Å². The molecule has 6 heteroatoms. The predicted molar refractivity (Wildman–Crippen MR) is 62.0 cm³/mol. The van der Waals surface area contributed by atoms with Gasteiger partial charge < -0.3 is 13.3 Å². The van der Waals surface area contributed by atoms with Crippen LogP contribution >= 0.6 is 0 Å². The number of nitrogens with one attached hydrogen (secondary N) is 1. The topological polar surface area (TPSA) is 65.7 Å². The fraction of sp³-hybridized carbons (Fsp3) is 1.00. The van der Waals surface area contributed by atoms with E-state index < -0.39 is 8.80 Å². The molecule has 0 amide bonds. The molecular weight excluding hydrogens is 212 g/mol. The molecule has 92 valence electrons. The highest BCUT2D eigenvalue weighted by Crippen LogP contribution is 2.17. The summed E-state index contributed by atoms with van der Waals surface area (Å²) < 4.78 is 17.1. The number of hydrogen-bond donors (Lipinski definition) is 2. The Morgan fingerprint density at radius 3 is 1.60 bits per heavy atom. The van der Waals surface area contributed by atoms with Gasteiger partial charge in [0.05, 0.1) is 5.67 Å². The number of rotatable bonds is 9. The molecule has 0 fully saturated rings. The van der Waals surface area contributed by atoms with Gasteiger partial charge >= 0.3 is 8.80 Å². The second-order valence-electron chi connectivity index (χ2n) is 3.03. The van der Waals surface area contributed by atoms with Crippen LogP contribution in [0.4, 0.5) is 0 Å². The largest absolute Gasteiger partial charge is 0.520 e. The van der Waals surface area contributed by atoms with Crippen molar-refractivity contribution in [1.29, 1.82) is 0 Å². The lowest BCUT2D eigenvalue weighted by Crippen LogP contribution is -2.63. The highest BCUT2D eigenvalue weighted by Gasteiger charge is 2.48. The summed E-state index contributed by atoms with van der Waals surface area (Å²) in [4.78, 5) is 0. The monoisotopic (exact) mass is 236 g/mol. The van der Waals surface area contributed by atoms with Crippen molar-refractivity contribution in [3.05, 3.63) is 0 Å². The third-order valence-corrected chi connectivity index (χ3v) is 5.57. The Kier molecular flexibility index (Phi) is 8.21. The van der Waals surface area contributed by atoms with Crippen LogP contribution in [0.5, 0.6) is 0 Å². The van der Waals surface area contributed by atoms with Crippen LogP contribution in [0.25, 0.3) is 0 Å². The van der Waals surface area contributed by atoms with E-state index in [9.17, 15) is 0 Å². The van der Waals surface area contributed by atoms with Gasteiger partial charge in [0, 0.05) is 19.8 Å². The van der Waals surface area contributed by atoms with Gasteiger partial charge in [-0.05, 0) is 27.2 Å². The molecular formula is C9H24N2O3Si. The summed E-state index contributed by atoms with van der Waals surface area (Å²) in [7, 11) is -2.66. The van der Waals surface area contributed by atoms with Crippen molar-refractivity contribution >= 4 is 8.80 Å². The standard InChI is InChI=1S/C9H24N2O3Si/c1-5-9(11-10)15(12-6-2,13-7-3)14-8-4/h9,11H,5-8,10H2,1-4H3. The quantitative estimate of drug-likeness (QED) is 0.352. The van der Waals surface area contributed by atoms with E-state index in [1.165, 1.54) is 0 Å². The molecule has 0 radical (unpaired) electrons. The fourth-order valence-electron chi connectivity index (χ4n) is 1.50.